The standard InChI is InChI=1S/C18H19N3S/c1-14-7-3-4-9-17(14)20-18-21(15(2)13-22-18)12-10-16-8-5-6-11-19-16/h3-9,11,13H,10,12H2,1-2H3. The van der Waals surface area contributed by atoms with Crippen LogP contribution in [0.25, 0.3) is 0 Å². The summed E-state index contributed by atoms with van der Waals surface area (Å²) in [5, 5.41) is 2.16. The van der Waals surface area contributed by atoms with Crippen LogP contribution in [-0.2, 0) is 13.0 Å². The Kier molecular flexibility index (Phi) is 4.49. The molecule has 0 radical (unpaired) electrons. The van der Waals surface area contributed by atoms with Crippen molar-refractivity contribution in [2.75, 3.05) is 0 Å². The predicted octanol–water partition coefficient (Wildman–Crippen LogP) is 4.04. The van der Waals surface area contributed by atoms with Gasteiger partial charge in [0.1, 0.15) is 0 Å². The Hall–Kier alpha value is -2.20. The van der Waals surface area contributed by atoms with E-state index in [2.05, 4.69) is 47.0 Å². The Morgan fingerprint density at radius 1 is 1.09 bits per heavy atom. The monoisotopic (exact) mass is 309 g/mol. The van der Waals surface area contributed by atoms with Gasteiger partial charge in [0.05, 0.1) is 5.69 Å². The Balaban J connectivity index is 1.90. The summed E-state index contributed by atoms with van der Waals surface area (Å²) in [5.41, 5.74) is 4.59. The lowest BCUT2D eigenvalue weighted by atomic mass is 10.2. The summed E-state index contributed by atoms with van der Waals surface area (Å²) in [6.45, 7) is 5.13. The summed E-state index contributed by atoms with van der Waals surface area (Å²) in [6.07, 6.45) is 2.76. The molecular weight excluding hydrogens is 290 g/mol. The zero-order valence-corrected chi connectivity index (χ0v) is 13.7. The molecule has 0 atom stereocenters. The molecule has 0 aliphatic carbocycles. The molecule has 0 aliphatic rings. The summed E-state index contributed by atoms with van der Waals surface area (Å²) in [6, 6.07) is 14.3. The first-order valence-electron chi connectivity index (χ1n) is 7.39. The third-order valence-electron chi connectivity index (χ3n) is 3.64. The van der Waals surface area contributed by atoms with Gasteiger partial charge in [0.25, 0.3) is 0 Å². The van der Waals surface area contributed by atoms with Gasteiger partial charge in [-0.2, -0.15) is 0 Å². The maximum absolute atomic E-state index is 4.83. The molecule has 0 unspecified atom stereocenters. The van der Waals surface area contributed by atoms with Crippen molar-refractivity contribution in [3.05, 3.63) is 75.8 Å². The molecule has 0 fully saturated rings. The molecule has 0 bridgehead atoms. The smallest absolute Gasteiger partial charge is 0.190 e. The lowest BCUT2D eigenvalue weighted by molar-refractivity contribution is 0.650. The minimum Gasteiger partial charge on any atom is -0.321 e. The van der Waals surface area contributed by atoms with Gasteiger partial charge in [-0.25, -0.2) is 4.99 Å². The first-order valence-corrected chi connectivity index (χ1v) is 8.27. The van der Waals surface area contributed by atoms with Crippen LogP contribution in [0.3, 0.4) is 0 Å². The number of aromatic nitrogens is 2. The van der Waals surface area contributed by atoms with E-state index in [0.717, 1.165) is 29.1 Å². The van der Waals surface area contributed by atoms with Crippen molar-refractivity contribution in [1.29, 1.82) is 0 Å². The van der Waals surface area contributed by atoms with Gasteiger partial charge in [-0.3, -0.25) is 4.98 Å². The number of hydrogen-bond acceptors (Lipinski definition) is 3. The molecule has 0 saturated heterocycles. The molecule has 112 valence electrons. The summed E-state index contributed by atoms with van der Waals surface area (Å²) in [4.78, 5) is 10.3. The van der Waals surface area contributed by atoms with Gasteiger partial charge in [-0.05, 0) is 37.6 Å². The highest BCUT2D eigenvalue weighted by Gasteiger charge is 2.03. The van der Waals surface area contributed by atoms with Crippen LogP contribution < -0.4 is 4.80 Å². The maximum Gasteiger partial charge on any atom is 0.190 e. The van der Waals surface area contributed by atoms with E-state index in [1.165, 1.54) is 11.3 Å². The lowest BCUT2D eigenvalue weighted by Gasteiger charge is -2.06. The molecule has 0 spiro atoms. The van der Waals surface area contributed by atoms with Crippen LogP contribution >= 0.6 is 11.3 Å². The van der Waals surface area contributed by atoms with E-state index in [-0.39, 0.29) is 0 Å². The van der Waals surface area contributed by atoms with Gasteiger partial charge in [-0.15, -0.1) is 11.3 Å². The third kappa shape index (κ3) is 3.34. The number of benzene rings is 1. The number of para-hydroxylation sites is 1. The van der Waals surface area contributed by atoms with Gasteiger partial charge in [0, 0.05) is 35.9 Å². The summed E-state index contributed by atoms with van der Waals surface area (Å²) >= 11 is 1.69. The van der Waals surface area contributed by atoms with E-state index in [0.29, 0.717) is 0 Å². The molecule has 2 aromatic heterocycles. The van der Waals surface area contributed by atoms with Gasteiger partial charge < -0.3 is 4.57 Å². The minimum atomic E-state index is 0.900. The van der Waals surface area contributed by atoms with Crippen molar-refractivity contribution in [3.63, 3.8) is 0 Å². The predicted molar refractivity (Wildman–Crippen MR) is 91.4 cm³/mol. The van der Waals surface area contributed by atoms with Crippen molar-refractivity contribution in [3.8, 4) is 0 Å². The lowest BCUT2D eigenvalue weighted by Crippen LogP contribution is -2.17. The van der Waals surface area contributed by atoms with Crippen molar-refractivity contribution in [1.82, 2.24) is 9.55 Å². The van der Waals surface area contributed by atoms with Crippen LogP contribution in [-0.4, -0.2) is 9.55 Å². The van der Waals surface area contributed by atoms with Crippen LogP contribution in [0.15, 0.2) is 59.0 Å². The molecule has 0 amide bonds. The van der Waals surface area contributed by atoms with Crippen LogP contribution in [0.4, 0.5) is 5.69 Å². The molecule has 4 heteroatoms. The molecule has 3 rings (SSSR count). The van der Waals surface area contributed by atoms with E-state index in [9.17, 15) is 0 Å². The van der Waals surface area contributed by atoms with Gasteiger partial charge in [0.2, 0.25) is 0 Å². The average molecular weight is 309 g/mol. The Labute approximate surface area is 134 Å². The highest BCUT2D eigenvalue weighted by Crippen LogP contribution is 2.16. The van der Waals surface area contributed by atoms with E-state index in [1.54, 1.807) is 11.3 Å². The fourth-order valence-corrected chi connectivity index (χ4v) is 3.26. The molecule has 1 aromatic carbocycles. The van der Waals surface area contributed by atoms with Gasteiger partial charge in [-0.1, -0.05) is 24.3 Å². The van der Waals surface area contributed by atoms with Gasteiger partial charge >= 0.3 is 0 Å². The largest absolute Gasteiger partial charge is 0.321 e. The zero-order valence-electron chi connectivity index (χ0n) is 12.9. The third-order valence-corrected chi connectivity index (χ3v) is 4.62. The highest BCUT2D eigenvalue weighted by molar-refractivity contribution is 7.07. The first kappa shape index (κ1) is 14.7. The number of hydrogen-bond donors (Lipinski definition) is 0. The molecule has 0 N–H and O–H groups in total. The molecule has 3 aromatic rings. The van der Waals surface area contributed by atoms with E-state index >= 15 is 0 Å². The maximum atomic E-state index is 4.83. The Bertz CT molecular complexity index is 816. The number of rotatable bonds is 4. The summed E-state index contributed by atoms with van der Waals surface area (Å²) in [5.74, 6) is 0. The molecule has 3 nitrogen and oxygen atoms in total. The highest BCUT2D eigenvalue weighted by atomic mass is 32.1. The first-order chi connectivity index (χ1) is 10.7. The number of aryl methyl sites for hydroxylation is 3. The second kappa shape index (κ2) is 6.71. The number of nitrogens with zero attached hydrogens (tertiary/aromatic N) is 3. The second-order valence-electron chi connectivity index (χ2n) is 5.28. The van der Waals surface area contributed by atoms with Crippen LogP contribution in [0, 0.1) is 13.8 Å². The van der Waals surface area contributed by atoms with Crippen molar-refractivity contribution < 1.29 is 0 Å². The van der Waals surface area contributed by atoms with Crippen LogP contribution in [0.5, 0.6) is 0 Å². The van der Waals surface area contributed by atoms with E-state index in [1.807, 2.05) is 30.5 Å². The normalized spacial score (nSPS) is 11.8. The Morgan fingerprint density at radius 3 is 2.68 bits per heavy atom. The molecule has 2 heterocycles. The fraction of sp³-hybridized carbons (Fsp3) is 0.222. The van der Waals surface area contributed by atoms with Gasteiger partial charge in [0.15, 0.2) is 4.80 Å². The summed E-state index contributed by atoms with van der Waals surface area (Å²) in [7, 11) is 0. The minimum absolute atomic E-state index is 0.900. The number of pyridine rings is 1. The average Bonchev–Trinajstić information content (AvgIpc) is 2.89. The topological polar surface area (TPSA) is 30.2 Å². The number of thiazole rings is 1. The zero-order chi connectivity index (χ0) is 15.4. The SMILES string of the molecule is Cc1ccccc1N=c1scc(C)n1CCc1ccccn1. The molecule has 0 aliphatic heterocycles. The van der Waals surface area contributed by atoms with Crippen molar-refractivity contribution in [2.45, 2.75) is 26.8 Å². The van der Waals surface area contributed by atoms with E-state index in [4.69, 9.17) is 4.99 Å². The van der Waals surface area contributed by atoms with Crippen LogP contribution in [0.1, 0.15) is 17.0 Å². The molecule has 22 heavy (non-hydrogen) atoms. The quantitative estimate of drug-likeness (QED) is 0.715. The van der Waals surface area contributed by atoms with Crippen molar-refractivity contribution >= 4 is 17.0 Å². The van der Waals surface area contributed by atoms with E-state index < -0.39 is 0 Å². The fourth-order valence-electron chi connectivity index (χ4n) is 2.34. The molecule has 0 saturated carbocycles. The molecular formula is C18H19N3S. The second-order valence-corrected chi connectivity index (χ2v) is 6.12. The summed E-state index contributed by atoms with van der Waals surface area (Å²) < 4.78 is 2.27. The van der Waals surface area contributed by atoms with Crippen LogP contribution in [0.2, 0.25) is 0 Å². The Morgan fingerprint density at radius 2 is 1.91 bits per heavy atom. The van der Waals surface area contributed by atoms with Crippen molar-refractivity contribution in [2.24, 2.45) is 4.99 Å².